The Hall–Kier alpha value is -1.84. The van der Waals surface area contributed by atoms with Crippen LogP contribution in [0, 0.1) is 19.3 Å². The summed E-state index contributed by atoms with van der Waals surface area (Å²) >= 11 is 0. The Morgan fingerprint density at radius 2 is 1.95 bits per heavy atom. The molecule has 0 bridgehead atoms. The van der Waals surface area contributed by atoms with Gasteiger partial charge in [0, 0.05) is 12.1 Å². The Labute approximate surface area is 112 Å². The van der Waals surface area contributed by atoms with Crippen LogP contribution >= 0.6 is 0 Å². The largest absolute Gasteiger partial charge is 0.481 e. The van der Waals surface area contributed by atoms with Crippen LogP contribution in [-0.2, 0) is 9.59 Å². The third kappa shape index (κ3) is 2.78. The molecule has 0 spiro atoms. The number of benzene rings is 1. The highest BCUT2D eigenvalue weighted by atomic mass is 16.4. The number of nitrogens with one attached hydrogen (secondary N) is 1. The highest BCUT2D eigenvalue weighted by molar-refractivity contribution is 5.94. The third-order valence-electron chi connectivity index (χ3n) is 4.05. The number of aliphatic carboxylic acids is 1. The van der Waals surface area contributed by atoms with Gasteiger partial charge in [-0.3, -0.25) is 9.59 Å². The molecule has 1 aliphatic carbocycles. The van der Waals surface area contributed by atoms with Gasteiger partial charge in [0.25, 0.3) is 0 Å². The molecular weight excluding hydrogens is 242 g/mol. The predicted octanol–water partition coefficient (Wildman–Crippen LogP) is 2.89. The smallest absolute Gasteiger partial charge is 0.310 e. The van der Waals surface area contributed by atoms with Crippen LogP contribution in [0.2, 0.25) is 0 Å². The lowest BCUT2D eigenvalue weighted by atomic mass is 9.66. The molecule has 1 aliphatic rings. The number of carbonyl (C=O) groups is 2. The summed E-state index contributed by atoms with van der Waals surface area (Å²) in [5.41, 5.74) is 2.17. The molecule has 1 fully saturated rings. The van der Waals surface area contributed by atoms with Crippen molar-refractivity contribution in [1.82, 2.24) is 0 Å². The molecule has 0 unspecified atom stereocenters. The molecule has 2 N–H and O–H groups in total. The zero-order valence-electron chi connectivity index (χ0n) is 11.3. The van der Waals surface area contributed by atoms with Crippen LogP contribution in [0.1, 0.15) is 36.8 Å². The van der Waals surface area contributed by atoms with Crippen molar-refractivity contribution in [2.45, 2.75) is 39.5 Å². The molecule has 4 nitrogen and oxygen atoms in total. The van der Waals surface area contributed by atoms with Crippen LogP contribution < -0.4 is 5.32 Å². The highest BCUT2D eigenvalue weighted by Crippen LogP contribution is 2.44. The van der Waals surface area contributed by atoms with Crippen molar-refractivity contribution in [2.75, 3.05) is 5.32 Å². The lowest BCUT2D eigenvalue weighted by molar-refractivity contribution is -0.157. The first-order valence-electron chi connectivity index (χ1n) is 6.53. The number of amides is 1. The van der Waals surface area contributed by atoms with Crippen molar-refractivity contribution in [2.24, 2.45) is 5.41 Å². The van der Waals surface area contributed by atoms with Gasteiger partial charge in [-0.1, -0.05) is 12.5 Å². The zero-order chi connectivity index (χ0) is 14.0. The molecule has 1 aromatic rings. The summed E-state index contributed by atoms with van der Waals surface area (Å²) in [7, 11) is 0. The van der Waals surface area contributed by atoms with Gasteiger partial charge in [0.2, 0.25) is 5.91 Å². The molecule has 1 amide bonds. The molecule has 0 aliphatic heterocycles. The van der Waals surface area contributed by atoms with E-state index in [0.29, 0.717) is 12.8 Å². The molecule has 0 heterocycles. The first-order valence-corrected chi connectivity index (χ1v) is 6.53. The quantitative estimate of drug-likeness (QED) is 0.875. The Morgan fingerprint density at radius 1 is 1.26 bits per heavy atom. The van der Waals surface area contributed by atoms with Gasteiger partial charge in [0.05, 0.1) is 5.41 Å². The lowest BCUT2D eigenvalue weighted by Crippen LogP contribution is -2.41. The third-order valence-corrected chi connectivity index (χ3v) is 4.05. The van der Waals surface area contributed by atoms with E-state index in [9.17, 15) is 14.7 Å². The van der Waals surface area contributed by atoms with Crippen molar-refractivity contribution in [3.8, 4) is 0 Å². The average molecular weight is 261 g/mol. The Morgan fingerprint density at radius 3 is 2.42 bits per heavy atom. The molecule has 0 aromatic heterocycles. The van der Waals surface area contributed by atoms with E-state index in [0.717, 1.165) is 17.7 Å². The van der Waals surface area contributed by atoms with E-state index >= 15 is 0 Å². The summed E-state index contributed by atoms with van der Waals surface area (Å²) in [4.78, 5) is 23.2. The van der Waals surface area contributed by atoms with Crippen molar-refractivity contribution in [3.05, 3.63) is 29.3 Å². The summed E-state index contributed by atoms with van der Waals surface area (Å²) < 4.78 is 0. The summed E-state index contributed by atoms with van der Waals surface area (Å²) in [5, 5.41) is 12.0. The predicted molar refractivity (Wildman–Crippen MR) is 73.1 cm³/mol. The van der Waals surface area contributed by atoms with E-state index in [2.05, 4.69) is 5.32 Å². The second-order valence-corrected chi connectivity index (χ2v) is 5.46. The molecular formula is C15H19NO3. The number of hydrogen-bond acceptors (Lipinski definition) is 2. The normalized spacial score (nSPS) is 16.5. The SMILES string of the molecule is Cc1ccc(NC(=O)CC2(C(=O)O)CCC2)cc1C. The van der Waals surface area contributed by atoms with Crippen molar-refractivity contribution >= 4 is 17.6 Å². The minimum Gasteiger partial charge on any atom is -0.481 e. The van der Waals surface area contributed by atoms with Crippen LogP contribution in [0.25, 0.3) is 0 Å². The number of carbonyl (C=O) groups excluding carboxylic acids is 1. The van der Waals surface area contributed by atoms with E-state index in [1.54, 1.807) is 0 Å². The van der Waals surface area contributed by atoms with Gasteiger partial charge in [-0.2, -0.15) is 0 Å². The number of hydrogen-bond donors (Lipinski definition) is 2. The maximum Gasteiger partial charge on any atom is 0.310 e. The Balaban J connectivity index is 2.01. The minimum atomic E-state index is -0.853. The van der Waals surface area contributed by atoms with Crippen molar-refractivity contribution in [1.29, 1.82) is 0 Å². The fourth-order valence-corrected chi connectivity index (χ4v) is 2.40. The molecule has 0 saturated heterocycles. The Bertz CT molecular complexity index is 518. The topological polar surface area (TPSA) is 66.4 Å². The van der Waals surface area contributed by atoms with Crippen molar-refractivity contribution in [3.63, 3.8) is 0 Å². The van der Waals surface area contributed by atoms with Crippen LogP contribution in [-0.4, -0.2) is 17.0 Å². The monoisotopic (exact) mass is 261 g/mol. The summed E-state index contributed by atoms with van der Waals surface area (Å²) in [5.74, 6) is -1.07. The van der Waals surface area contributed by atoms with E-state index in [4.69, 9.17) is 0 Å². The van der Waals surface area contributed by atoms with Crippen LogP contribution in [0.4, 0.5) is 5.69 Å². The van der Waals surface area contributed by atoms with Crippen molar-refractivity contribution < 1.29 is 14.7 Å². The molecule has 19 heavy (non-hydrogen) atoms. The first-order chi connectivity index (χ1) is 8.93. The fourth-order valence-electron chi connectivity index (χ4n) is 2.40. The number of anilines is 1. The minimum absolute atomic E-state index is 0.0647. The lowest BCUT2D eigenvalue weighted by Gasteiger charge is -2.36. The van der Waals surface area contributed by atoms with Crippen LogP contribution in [0.3, 0.4) is 0 Å². The number of carboxylic acid groups (broad SMARTS) is 1. The molecule has 0 radical (unpaired) electrons. The standard InChI is InChI=1S/C15H19NO3/c1-10-4-5-12(8-11(10)2)16-13(17)9-15(14(18)19)6-3-7-15/h4-5,8H,3,6-7,9H2,1-2H3,(H,16,17)(H,18,19). The summed E-state index contributed by atoms with van der Waals surface area (Å²) in [6.07, 6.45) is 2.16. The number of carboxylic acids is 1. The average Bonchev–Trinajstić information content (AvgIpc) is 2.28. The maximum atomic E-state index is 11.9. The molecule has 2 rings (SSSR count). The van der Waals surface area contributed by atoms with Gasteiger partial charge in [-0.25, -0.2) is 0 Å². The summed E-state index contributed by atoms with van der Waals surface area (Å²) in [6.45, 7) is 3.99. The second-order valence-electron chi connectivity index (χ2n) is 5.46. The van der Waals surface area contributed by atoms with Crippen LogP contribution in [0.5, 0.6) is 0 Å². The Kier molecular flexibility index (Phi) is 3.60. The fraction of sp³-hybridized carbons (Fsp3) is 0.467. The van der Waals surface area contributed by atoms with E-state index in [1.165, 1.54) is 5.56 Å². The molecule has 4 heteroatoms. The summed E-state index contributed by atoms with van der Waals surface area (Å²) in [6, 6.07) is 5.69. The zero-order valence-corrected chi connectivity index (χ0v) is 11.3. The van der Waals surface area contributed by atoms with Gasteiger partial charge in [-0.15, -0.1) is 0 Å². The van der Waals surface area contributed by atoms with E-state index in [-0.39, 0.29) is 12.3 Å². The van der Waals surface area contributed by atoms with Gasteiger partial charge < -0.3 is 10.4 Å². The van der Waals surface area contributed by atoms with Crippen LogP contribution in [0.15, 0.2) is 18.2 Å². The van der Waals surface area contributed by atoms with Gasteiger partial charge in [-0.05, 0) is 49.9 Å². The van der Waals surface area contributed by atoms with Gasteiger partial charge >= 0.3 is 5.97 Å². The maximum absolute atomic E-state index is 11.9. The van der Waals surface area contributed by atoms with E-state index < -0.39 is 11.4 Å². The number of rotatable bonds is 4. The van der Waals surface area contributed by atoms with Gasteiger partial charge in [0.15, 0.2) is 0 Å². The molecule has 1 saturated carbocycles. The molecule has 102 valence electrons. The second kappa shape index (κ2) is 5.03. The molecule has 0 atom stereocenters. The number of aryl methyl sites for hydroxylation is 2. The highest BCUT2D eigenvalue weighted by Gasteiger charge is 2.45. The van der Waals surface area contributed by atoms with Gasteiger partial charge in [0.1, 0.15) is 0 Å². The molecule has 1 aromatic carbocycles. The van der Waals surface area contributed by atoms with E-state index in [1.807, 2.05) is 32.0 Å². The first kappa shape index (κ1) is 13.6.